The molecule has 2 rings (SSSR count). The van der Waals surface area contributed by atoms with Gasteiger partial charge in [-0.05, 0) is 17.7 Å². The van der Waals surface area contributed by atoms with E-state index in [0.717, 1.165) is 23.8 Å². The van der Waals surface area contributed by atoms with Crippen molar-refractivity contribution in [3.8, 4) is 5.75 Å². The lowest BCUT2D eigenvalue weighted by molar-refractivity contribution is -0.288. The summed E-state index contributed by atoms with van der Waals surface area (Å²) in [6.45, 7) is 4.38. The molecule has 2 unspecified atom stereocenters. The van der Waals surface area contributed by atoms with Crippen molar-refractivity contribution in [3.05, 3.63) is 29.8 Å². The van der Waals surface area contributed by atoms with Crippen molar-refractivity contribution in [1.82, 2.24) is 0 Å². The Morgan fingerprint density at radius 3 is 1.84 bits per heavy atom. The second-order valence-corrected chi connectivity index (χ2v) is 7.73. The van der Waals surface area contributed by atoms with Crippen LogP contribution < -0.4 is 4.74 Å². The smallest absolute Gasteiger partial charge is 0.303 e. The van der Waals surface area contributed by atoms with Gasteiger partial charge in [-0.2, -0.15) is 0 Å². The van der Waals surface area contributed by atoms with Gasteiger partial charge in [-0.15, -0.1) is 0 Å². The van der Waals surface area contributed by atoms with Crippen LogP contribution in [0.15, 0.2) is 24.3 Å². The Kier molecular flexibility index (Phi) is 9.69. The van der Waals surface area contributed by atoms with Crippen LogP contribution >= 0.6 is 22.6 Å². The van der Waals surface area contributed by atoms with Crippen molar-refractivity contribution in [2.24, 2.45) is 0 Å². The Morgan fingerprint density at radius 2 is 1.34 bits per heavy atom. The quantitative estimate of drug-likeness (QED) is 0.201. The second-order valence-electron chi connectivity index (χ2n) is 6.96. The van der Waals surface area contributed by atoms with Crippen LogP contribution in [0, 0.1) is 0 Å². The summed E-state index contributed by atoms with van der Waals surface area (Å²) in [4.78, 5) is 46.7. The number of benzene rings is 1. The van der Waals surface area contributed by atoms with E-state index in [2.05, 4.69) is 22.6 Å². The lowest BCUT2D eigenvalue weighted by Crippen LogP contribution is -2.63. The Balaban J connectivity index is 2.42. The molecular weight excluding hydrogens is 539 g/mol. The molecule has 0 saturated carbocycles. The summed E-state index contributed by atoms with van der Waals surface area (Å²) in [5.74, 6) is -2.28. The molecule has 1 aromatic rings. The zero-order valence-electron chi connectivity index (χ0n) is 18.1. The van der Waals surface area contributed by atoms with Gasteiger partial charge in [-0.25, -0.2) is 0 Å². The standard InChI is InChI=1S/C21H25IO10/c1-11(23)27-10-17-18(28-12(2)24)19(29-13(3)25)20(30-14(4)26)21(32-17)31-16-7-5-15(9-22)6-8-16/h5-8,17-21H,9-10H2,1-4H3/t17-,18+,19?,20+,21?/m1/s1. The third-order valence-electron chi connectivity index (χ3n) is 4.28. The van der Waals surface area contributed by atoms with E-state index in [9.17, 15) is 19.2 Å². The van der Waals surface area contributed by atoms with Crippen LogP contribution in [-0.2, 0) is 47.3 Å². The molecule has 10 nitrogen and oxygen atoms in total. The summed E-state index contributed by atoms with van der Waals surface area (Å²) in [6.07, 6.45) is -6.06. The van der Waals surface area contributed by atoms with Gasteiger partial charge in [0.25, 0.3) is 0 Å². The van der Waals surface area contributed by atoms with Crippen molar-refractivity contribution in [2.75, 3.05) is 6.61 Å². The minimum atomic E-state index is -1.27. The minimum Gasteiger partial charge on any atom is -0.463 e. The normalized spacial score (nSPS) is 24.7. The zero-order valence-corrected chi connectivity index (χ0v) is 20.2. The molecule has 176 valence electrons. The van der Waals surface area contributed by atoms with Gasteiger partial charge in [0, 0.05) is 32.1 Å². The monoisotopic (exact) mass is 564 g/mol. The molecule has 1 aliphatic heterocycles. The van der Waals surface area contributed by atoms with Crippen LogP contribution in [0.4, 0.5) is 0 Å². The number of hydrogen-bond donors (Lipinski definition) is 0. The van der Waals surface area contributed by atoms with E-state index in [1.54, 1.807) is 12.1 Å². The van der Waals surface area contributed by atoms with Gasteiger partial charge in [-0.3, -0.25) is 19.2 Å². The molecule has 0 aliphatic carbocycles. The maximum atomic E-state index is 11.8. The highest BCUT2D eigenvalue weighted by Crippen LogP contribution is 2.31. The van der Waals surface area contributed by atoms with Gasteiger partial charge < -0.3 is 28.4 Å². The number of esters is 4. The predicted molar refractivity (Wildman–Crippen MR) is 117 cm³/mol. The molecule has 0 bridgehead atoms. The van der Waals surface area contributed by atoms with Crippen molar-refractivity contribution in [3.63, 3.8) is 0 Å². The molecule has 32 heavy (non-hydrogen) atoms. The van der Waals surface area contributed by atoms with Crippen LogP contribution in [0.25, 0.3) is 0 Å². The molecular formula is C21H25IO10. The van der Waals surface area contributed by atoms with E-state index >= 15 is 0 Å². The van der Waals surface area contributed by atoms with Gasteiger partial charge in [0.2, 0.25) is 12.4 Å². The number of alkyl halides is 1. The minimum absolute atomic E-state index is 0.314. The summed E-state index contributed by atoms with van der Waals surface area (Å²) in [5, 5.41) is 0. The average molecular weight is 564 g/mol. The van der Waals surface area contributed by atoms with E-state index in [-0.39, 0.29) is 6.61 Å². The maximum absolute atomic E-state index is 11.8. The number of rotatable bonds is 8. The molecule has 1 aromatic carbocycles. The molecule has 0 aromatic heterocycles. The van der Waals surface area contributed by atoms with Gasteiger partial charge >= 0.3 is 23.9 Å². The fourth-order valence-electron chi connectivity index (χ4n) is 3.07. The lowest BCUT2D eigenvalue weighted by atomic mass is 9.98. The molecule has 5 atom stereocenters. The van der Waals surface area contributed by atoms with Crippen molar-refractivity contribution < 1.29 is 47.6 Å². The molecule has 11 heteroatoms. The molecule has 1 heterocycles. The number of hydrogen-bond acceptors (Lipinski definition) is 10. The van der Waals surface area contributed by atoms with Crippen LogP contribution in [0.5, 0.6) is 5.75 Å². The molecule has 0 radical (unpaired) electrons. The number of carbonyl (C=O) groups is 4. The van der Waals surface area contributed by atoms with Crippen molar-refractivity contribution in [2.45, 2.75) is 62.8 Å². The zero-order chi connectivity index (χ0) is 23.8. The van der Waals surface area contributed by atoms with Gasteiger partial charge in [-0.1, -0.05) is 34.7 Å². The third-order valence-corrected chi connectivity index (χ3v) is 5.16. The first-order valence-corrected chi connectivity index (χ1v) is 11.2. The summed E-state index contributed by atoms with van der Waals surface area (Å²) >= 11 is 2.22. The summed E-state index contributed by atoms with van der Waals surface area (Å²) < 4.78 is 33.6. The van der Waals surface area contributed by atoms with Crippen molar-refractivity contribution in [1.29, 1.82) is 0 Å². The Morgan fingerprint density at radius 1 is 0.812 bits per heavy atom. The summed E-state index contributed by atoms with van der Waals surface area (Å²) in [6, 6.07) is 7.13. The average Bonchev–Trinajstić information content (AvgIpc) is 2.70. The molecule has 1 aliphatic rings. The van der Waals surface area contributed by atoms with E-state index in [1.165, 1.54) is 13.8 Å². The fraction of sp³-hybridized carbons (Fsp3) is 0.524. The van der Waals surface area contributed by atoms with Crippen molar-refractivity contribution >= 4 is 46.5 Å². The Hall–Kier alpha value is -2.41. The maximum Gasteiger partial charge on any atom is 0.303 e. The molecule has 0 spiro atoms. The van der Waals surface area contributed by atoms with E-state index in [0.29, 0.717) is 5.75 Å². The largest absolute Gasteiger partial charge is 0.463 e. The predicted octanol–water partition coefficient (Wildman–Crippen LogP) is 2.08. The first-order chi connectivity index (χ1) is 15.1. The SMILES string of the molecule is CC(=O)OC[C@H]1OC(Oc2ccc(CI)cc2)[C@@H](OC(C)=O)C(OC(C)=O)[C@H]1OC(C)=O. The molecule has 0 amide bonds. The highest BCUT2D eigenvalue weighted by molar-refractivity contribution is 14.1. The number of carbonyl (C=O) groups excluding carboxylic acids is 4. The molecule has 1 saturated heterocycles. The van der Waals surface area contributed by atoms with Crippen LogP contribution in [0.2, 0.25) is 0 Å². The van der Waals surface area contributed by atoms with E-state index in [4.69, 9.17) is 28.4 Å². The van der Waals surface area contributed by atoms with Gasteiger partial charge in [0.15, 0.2) is 12.2 Å². The topological polar surface area (TPSA) is 124 Å². The molecule has 1 fully saturated rings. The van der Waals surface area contributed by atoms with Crippen LogP contribution in [-0.4, -0.2) is 61.2 Å². The van der Waals surface area contributed by atoms with Gasteiger partial charge in [0.1, 0.15) is 18.5 Å². The van der Waals surface area contributed by atoms with E-state index in [1.807, 2.05) is 12.1 Å². The lowest BCUT2D eigenvalue weighted by Gasteiger charge is -2.43. The first-order valence-electron chi connectivity index (χ1n) is 9.72. The first kappa shape index (κ1) is 25.8. The number of halogens is 1. The highest BCUT2D eigenvalue weighted by Gasteiger charge is 2.53. The Bertz CT molecular complexity index is 824. The Labute approximate surface area is 198 Å². The summed E-state index contributed by atoms with van der Waals surface area (Å²) in [5.41, 5.74) is 1.07. The van der Waals surface area contributed by atoms with Crippen LogP contribution in [0.1, 0.15) is 33.3 Å². The van der Waals surface area contributed by atoms with E-state index < -0.39 is 54.6 Å². The number of ether oxygens (including phenoxy) is 6. The fourth-order valence-corrected chi connectivity index (χ4v) is 3.58. The summed E-state index contributed by atoms with van der Waals surface area (Å²) in [7, 11) is 0. The van der Waals surface area contributed by atoms with Gasteiger partial charge in [0.05, 0.1) is 0 Å². The van der Waals surface area contributed by atoms with Crippen LogP contribution in [0.3, 0.4) is 0 Å². The highest BCUT2D eigenvalue weighted by atomic mass is 127. The second kappa shape index (κ2) is 12.0. The molecule has 0 N–H and O–H groups in total. The third kappa shape index (κ3) is 7.62.